The molecule has 0 saturated carbocycles. The summed E-state index contributed by atoms with van der Waals surface area (Å²) in [5, 5.41) is 3.39. The molecule has 28 heavy (non-hydrogen) atoms. The summed E-state index contributed by atoms with van der Waals surface area (Å²) in [6, 6.07) is 8.75. The van der Waals surface area contributed by atoms with E-state index in [-0.39, 0.29) is 23.8 Å². The van der Waals surface area contributed by atoms with Crippen LogP contribution in [0.4, 0.5) is 5.00 Å². The largest absolute Gasteiger partial charge is 0.497 e. The van der Waals surface area contributed by atoms with Crippen molar-refractivity contribution in [2.45, 2.75) is 47.0 Å². The van der Waals surface area contributed by atoms with Gasteiger partial charge in [0.1, 0.15) is 10.8 Å². The predicted molar refractivity (Wildman–Crippen MR) is 114 cm³/mol. The van der Waals surface area contributed by atoms with Crippen molar-refractivity contribution < 1.29 is 19.1 Å². The highest BCUT2D eigenvalue weighted by molar-refractivity contribution is 7.16. The van der Waals surface area contributed by atoms with Crippen molar-refractivity contribution in [1.29, 1.82) is 0 Å². The molecule has 0 bridgehead atoms. The first-order chi connectivity index (χ1) is 13.1. The van der Waals surface area contributed by atoms with Crippen molar-refractivity contribution >= 4 is 28.2 Å². The molecule has 1 aromatic heterocycles. The van der Waals surface area contributed by atoms with Crippen LogP contribution >= 0.6 is 11.3 Å². The van der Waals surface area contributed by atoms with Gasteiger partial charge in [-0.2, -0.15) is 0 Å². The third-order valence-corrected chi connectivity index (χ3v) is 5.49. The molecule has 0 aliphatic heterocycles. The molecular weight excluding hydrogens is 374 g/mol. The van der Waals surface area contributed by atoms with E-state index >= 15 is 0 Å². The van der Waals surface area contributed by atoms with Gasteiger partial charge >= 0.3 is 5.97 Å². The van der Waals surface area contributed by atoms with Crippen molar-refractivity contribution in [1.82, 2.24) is 0 Å². The van der Waals surface area contributed by atoms with Crippen LogP contribution in [0.5, 0.6) is 5.75 Å². The zero-order valence-corrected chi connectivity index (χ0v) is 18.2. The Morgan fingerprint density at radius 2 is 1.93 bits per heavy atom. The topological polar surface area (TPSA) is 64.6 Å². The summed E-state index contributed by atoms with van der Waals surface area (Å²) in [6.07, 6.45) is 0.971. The number of anilines is 1. The summed E-state index contributed by atoms with van der Waals surface area (Å²) in [6.45, 7) is 10.8. The molecular formula is C22H29NO4S. The Bertz CT molecular complexity index is 835. The maximum atomic E-state index is 12.7. The van der Waals surface area contributed by atoms with Gasteiger partial charge in [0.15, 0.2) is 0 Å². The first kappa shape index (κ1) is 22.0. The zero-order valence-electron chi connectivity index (χ0n) is 17.4. The minimum Gasteiger partial charge on any atom is -0.497 e. The third kappa shape index (κ3) is 5.83. The molecule has 6 heteroatoms. The number of thiophene rings is 1. The van der Waals surface area contributed by atoms with Crippen LogP contribution in [0.1, 0.15) is 72.6 Å². The Kier molecular flexibility index (Phi) is 7.24. The summed E-state index contributed by atoms with van der Waals surface area (Å²) >= 11 is 1.43. The van der Waals surface area contributed by atoms with Crippen LogP contribution in [0.25, 0.3) is 0 Å². The molecule has 0 radical (unpaired) electrons. The summed E-state index contributed by atoms with van der Waals surface area (Å²) in [5.41, 5.74) is 1.03. The van der Waals surface area contributed by atoms with Gasteiger partial charge in [-0.3, -0.25) is 4.79 Å². The first-order valence-electron chi connectivity index (χ1n) is 9.41. The van der Waals surface area contributed by atoms with Crippen LogP contribution in [0, 0.1) is 5.41 Å². The molecule has 0 saturated heterocycles. The van der Waals surface area contributed by atoms with E-state index < -0.39 is 5.97 Å². The molecule has 0 aliphatic rings. The third-order valence-electron chi connectivity index (χ3n) is 4.21. The molecule has 1 aromatic carbocycles. The molecule has 0 spiro atoms. The van der Waals surface area contributed by atoms with Crippen molar-refractivity contribution in [3.05, 3.63) is 46.3 Å². The minimum absolute atomic E-state index is 0.164. The molecule has 2 aromatic rings. The maximum Gasteiger partial charge on any atom is 0.341 e. The van der Waals surface area contributed by atoms with Crippen LogP contribution < -0.4 is 10.1 Å². The van der Waals surface area contributed by atoms with E-state index in [9.17, 15) is 9.59 Å². The molecule has 1 atom stereocenters. The Morgan fingerprint density at radius 3 is 2.54 bits per heavy atom. The summed E-state index contributed by atoms with van der Waals surface area (Å²) < 4.78 is 10.4. The number of methoxy groups -OCH3 is 1. The van der Waals surface area contributed by atoms with Crippen molar-refractivity contribution in [2.24, 2.45) is 5.41 Å². The molecule has 1 N–H and O–H groups in total. The number of hydrogen-bond donors (Lipinski definition) is 1. The number of esters is 1. The monoisotopic (exact) mass is 403 g/mol. The van der Waals surface area contributed by atoms with Crippen LogP contribution in [0.3, 0.4) is 0 Å². The summed E-state index contributed by atoms with van der Waals surface area (Å²) in [5.74, 6) is 0.153. The Balaban J connectivity index is 2.32. The van der Waals surface area contributed by atoms with Gasteiger partial charge in [-0.15, -0.1) is 11.3 Å². The van der Waals surface area contributed by atoms with Gasteiger partial charge in [-0.25, -0.2) is 4.79 Å². The highest BCUT2D eigenvalue weighted by atomic mass is 32.1. The van der Waals surface area contributed by atoms with Crippen LogP contribution in [0.15, 0.2) is 30.3 Å². The van der Waals surface area contributed by atoms with Gasteiger partial charge in [-0.05, 0) is 48.9 Å². The molecule has 1 heterocycles. The molecule has 2 rings (SSSR count). The summed E-state index contributed by atoms with van der Waals surface area (Å²) in [7, 11) is 1.55. The van der Waals surface area contributed by atoms with Gasteiger partial charge in [0.05, 0.1) is 19.3 Å². The van der Waals surface area contributed by atoms with Crippen LogP contribution in [-0.2, 0) is 4.74 Å². The SMILES string of the molecule is CCOC(=O)c1cc([C@@H](C)CC(C)(C)C)sc1NC(=O)c1cccc(OC)c1. The number of nitrogens with one attached hydrogen (secondary N) is 1. The normalized spacial score (nSPS) is 12.4. The lowest BCUT2D eigenvalue weighted by Crippen LogP contribution is -2.14. The van der Waals surface area contributed by atoms with E-state index in [4.69, 9.17) is 9.47 Å². The number of amides is 1. The minimum atomic E-state index is -0.422. The lowest BCUT2D eigenvalue weighted by molar-refractivity contribution is 0.0528. The van der Waals surface area contributed by atoms with E-state index in [1.165, 1.54) is 11.3 Å². The van der Waals surface area contributed by atoms with Gasteiger partial charge in [0.2, 0.25) is 0 Å². The van der Waals surface area contributed by atoms with Crippen LogP contribution in [-0.4, -0.2) is 25.6 Å². The molecule has 152 valence electrons. The number of hydrogen-bond acceptors (Lipinski definition) is 5. The van der Waals surface area contributed by atoms with E-state index in [0.717, 1.165) is 11.3 Å². The fraction of sp³-hybridized carbons (Fsp3) is 0.455. The second-order valence-corrected chi connectivity index (χ2v) is 9.05. The Labute approximate surface area is 171 Å². The lowest BCUT2D eigenvalue weighted by Gasteiger charge is -2.22. The van der Waals surface area contributed by atoms with Crippen molar-refractivity contribution in [3.63, 3.8) is 0 Å². The standard InChI is InChI=1S/C22H29NO4S/c1-7-27-21(25)17-12-18(14(2)13-22(3,4)5)28-20(17)23-19(24)15-9-8-10-16(11-15)26-6/h8-12,14H,7,13H2,1-6H3,(H,23,24)/t14-/m0/s1. The van der Waals surface area contributed by atoms with Gasteiger partial charge < -0.3 is 14.8 Å². The highest BCUT2D eigenvalue weighted by Crippen LogP contribution is 2.38. The molecule has 5 nitrogen and oxygen atoms in total. The van der Waals surface area contributed by atoms with Crippen molar-refractivity contribution in [2.75, 3.05) is 19.0 Å². The van der Waals surface area contributed by atoms with E-state index in [1.54, 1.807) is 38.3 Å². The predicted octanol–water partition coefficient (Wildman–Crippen LogP) is 5.73. The van der Waals surface area contributed by atoms with Crippen molar-refractivity contribution in [3.8, 4) is 5.75 Å². The van der Waals surface area contributed by atoms with Crippen LogP contribution in [0.2, 0.25) is 0 Å². The second kappa shape index (κ2) is 9.24. The maximum absolute atomic E-state index is 12.7. The average molecular weight is 404 g/mol. The number of carbonyl (C=O) groups excluding carboxylic acids is 2. The Hall–Kier alpha value is -2.34. The summed E-state index contributed by atoms with van der Waals surface area (Å²) in [4.78, 5) is 26.2. The number of benzene rings is 1. The Morgan fingerprint density at radius 1 is 1.21 bits per heavy atom. The fourth-order valence-electron chi connectivity index (χ4n) is 3.07. The van der Waals surface area contributed by atoms with E-state index in [0.29, 0.717) is 21.9 Å². The molecule has 1 amide bonds. The number of rotatable bonds is 7. The second-order valence-electron chi connectivity index (χ2n) is 7.96. The number of carbonyl (C=O) groups is 2. The quantitative estimate of drug-likeness (QED) is 0.600. The highest BCUT2D eigenvalue weighted by Gasteiger charge is 2.24. The zero-order chi connectivity index (χ0) is 20.9. The smallest absolute Gasteiger partial charge is 0.341 e. The van der Waals surface area contributed by atoms with E-state index in [1.807, 2.05) is 6.07 Å². The van der Waals surface area contributed by atoms with Gasteiger partial charge in [-0.1, -0.05) is 33.8 Å². The fourth-order valence-corrected chi connectivity index (χ4v) is 4.16. The first-order valence-corrected chi connectivity index (χ1v) is 10.2. The molecule has 0 aliphatic carbocycles. The molecule has 0 fully saturated rings. The lowest BCUT2D eigenvalue weighted by atomic mass is 9.85. The van der Waals surface area contributed by atoms with Gasteiger partial charge in [0, 0.05) is 10.4 Å². The molecule has 0 unspecified atom stereocenters. The average Bonchev–Trinajstić information content (AvgIpc) is 3.04. The van der Waals surface area contributed by atoms with Gasteiger partial charge in [0.25, 0.3) is 5.91 Å². The number of ether oxygens (including phenoxy) is 2. The van der Waals surface area contributed by atoms with E-state index in [2.05, 4.69) is 33.0 Å².